The molecule has 0 bridgehead atoms. The van der Waals surface area contributed by atoms with Gasteiger partial charge >= 0.3 is 5.97 Å². The van der Waals surface area contributed by atoms with E-state index in [1.54, 1.807) is 20.0 Å². The Bertz CT molecular complexity index is 325. The average Bonchev–Trinajstić information content (AvgIpc) is 2.10. The van der Waals surface area contributed by atoms with Crippen LogP contribution in [0.5, 0.6) is 0 Å². The van der Waals surface area contributed by atoms with Crippen LogP contribution in [0.1, 0.15) is 22.8 Å². The lowest BCUT2D eigenvalue weighted by molar-refractivity contribution is 0.0526. The SMILES string of the molecule is CCOC(=O)c1cncc(C)c1Cl. The molecule has 0 unspecified atom stereocenters. The third kappa shape index (κ3) is 2.18. The first-order chi connectivity index (χ1) is 6.16. The van der Waals surface area contributed by atoms with E-state index in [4.69, 9.17) is 16.3 Å². The van der Waals surface area contributed by atoms with Crippen molar-refractivity contribution in [2.45, 2.75) is 13.8 Å². The van der Waals surface area contributed by atoms with Crippen LogP contribution in [0.25, 0.3) is 0 Å². The highest BCUT2D eigenvalue weighted by Gasteiger charge is 2.12. The van der Waals surface area contributed by atoms with E-state index in [0.717, 1.165) is 5.56 Å². The van der Waals surface area contributed by atoms with E-state index in [9.17, 15) is 4.79 Å². The molecule has 0 aliphatic rings. The van der Waals surface area contributed by atoms with Crippen molar-refractivity contribution >= 4 is 17.6 Å². The molecule has 0 aliphatic heterocycles. The molecule has 1 rings (SSSR count). The molecule has 3 nitrogen and oxygen atoms in total. The van der Waals surface area contributed by atoms with Gasteiger partial charge in [0.1, 0.15) is 0 Å². The highest BCUT2D eigenvalue weighted by Crippen LogP contribution is 2.19. The fourth-order valence-corrected chi connectivity index (χ4v) is 1.08. The fraction of sp³-hybridized carbons (Fsp3) is 0.333. The number of nitrogens with zero attached hydrogens (tertiary/aromatic N) is 1. The van der Waals surface area contributed by atoms with Gasteiger partial charge in [-0.2, -0.15) is 0 Å². The first kappa shape index (κ1) is 9.99. The van der Waals surface area contributed by atoms with Crippen LogP contribution < -0.4 is 0 Å². The van der Waals surface area contributed by atoms with Crippen LogP contribution in [0.4, 0.5) is 0 Å². The van der Waals surface area contributed by atoms with Crippen LogP contribution in [0.3, 0.4) is 0 Å². The largest absolute Gasteiger partial charge is 0.462 e. The summed E-state index contributed by atoms with van der Waals surface area (Å²) in [6.45, 7) is 3.87. The van der Waals surface area contributed by atoms with E-state index in [2.05, 4.69) is 4.98 Å². The quantitative estimate of drug-likeness (QED) is 0.686. The third-order valence-electron chi connectivity index (χ3n) is 1.55. The summed E-state index contributed by atoms with van der Waals surface area (Å²) in [6, 6.07) is 0. The summed E-state index contributed by atoms with van der Waals surface area (Å²) < 4.78 is 4.80. The Labute approximate surface area is 81.7 Å². The maximum Gasteiger partial charge on any atom is 0.341 e. The number of hydrogen-bond donors (Lipinski definition) is 0. The number of ether oxygens (including phenoxy) is 1. The van der Waals surface area contributed by atoms with Crippen molar-refractivity contribution in [2.75, 3.05) is 6.61 Å². The summed E-state index contributed by atoms with van der Waals surface area (Å²) in [5, 5.41) is 0.411. The van der Waals surface area contributed by atoms with Gasteiger partial charge in [0.2, 0.25) is 0 Å². The summed E-state index contributed by atoms with van der Waals surface area (Å²) in [4.78, 5) is 15.1. The highest BCUT2D eigenvalue weighted by molar-refractivity contribution is 6.34. The Morgan fingerprint density at radius 3 is 2.92 bits per heavy atom. The van der Waals surface area contributed by atoms with Gasteiger partial charge in [0.25, 0.3) is 0 Å². The minimum Gasteiger partial charge on any atom is -0.462 e. The van der Waals surface area contributed by atoms with Crippen molar-refractivity contribution in [3.05, 3.63) is 28.5 Å². The molecule has 0 aliphatic carbocycles. The number of aromatic nitrogens is 1. The predicted molar refractivity (Wildman–Crippen MR) is 49.9 cm³/mol. The summed E-state index contributed by atoms with van der Waals surface area (Å²) >= 11 is 5.88. The molecule has 0 saturated carbocycles. The number of rotatable bonds is 2. The normalized spacial score (nSPS) is 9.77. The molecule has 4 heteroatoms. The Morgan fingerprint density at radius 1 is 1.62 bits per heavy atom. The maximum absolute atomic E-state index is 11.3. The lowest BCUT2D eigenvalue weighted by Crippen LogP contribution is -2.06. The van der Waals surface area contributed by atoms with Crippen molar-refractivity contribution in [1.82, 2.24) is 4.98 Å². The van der Waals surface area contributed by atoms with Crippen molar-refractivity contribution in [1.29, 1.82) is 0 Å². The number of pyridine rings is 1. The van der Waals surface area contributed by atoms with Crippen LogP contribution in [0.15, 0.2) is 12.4 Å². The summed E-state index contributed by atoms with van der Waals surface area (Å²) in [5.41, 5.74) is 1.09. The maximum atomic E-state index is 11.3. The molecule has 0 saturated heterocycles. The predicted octanol–water partition coefficient (Wildman–Crippen LogP) is 2.22. The number of halogens is 1. The second-order valence-electron chi connectivity index (χ2n) is 2.54. The Balaban J connectivity index is 3.01. The Morgan fingerprint density at radius 2 is 2.31 bits per heavy atom. The zero-order valence-electron chi connectivity index (χ0n) is 7.50. The lowest BCUT2D eigenvalue weighted by Gasteiger charge is -2.04. The van der Waals surface area contributed by atoms with Gasteiger partial charge in [-0.25, -0.2) is 4.79 Å². The second-order valence-corrected chi connectivity index (χ2v) is 2.92. The molecule has 0 aromatic carbocycles. The van der Waals surface area contributed by atoms with E-state index in [0.29, 0.717) is 17.2 Å². The van der Waals surface area contributed by atoms with Crippen molar-refractivity contribution in [2.24, 2.45) is 0 Å². The number of hydrogen-bond acceptors (Lipinski definition) is 3. The minimum absolute atomic E-state index is 0.323. The van der Waals surface area contributed by atoms with Gasteiger partial charge in [-0.05, 0) is 19.4 Å². The molecule has 1 aromatic rings. The molecular weight excluding hydrogens is 190 g/mol. The molecular formula is C9H10ClNO2. The molecule has 0 amide bonds. The van der Waals surface area contributed by atoms with Gasteiger partial charge in [0.15, 0.2) is 0 Å². The van der Waals surface area contributed by atoms with Crippen molar-refractivity contribution in [3.63, 3.8) is 0 Å². The number of carbonyl (C=O) groups is 1. The van der Waals surface area contributed by atoms with E-state index in [1.165, 1.54) is 6.20 Å². The standard InChI is InChI=1S/C9H10ClNO2/c1-3-13-9(12)7-5-11-4-6(2)8(7)10/h4-5H,3H2,1-2H3. The molecule has 13 heavy (non-hydrogen) atoms. The van der Waals surface area contributed by atoms with E-state index < -0.39 is 5.97 Å². The molecule has 0 atom stereocenters. The first-order valence-corrected chi connectivity index (χ1v) is 4.31. The highest BCUT2D eigenvalue weighted by atomic mass is 35.5. The van der Waals surface area contributed by atoms with Crippen LogP contribution in [0.2, 0.25) is 5.02 Å². The van der Waals surface area contributed by atoms with Crippen LogP contribution in [-0.4, -0.2) is 17.6 Å². The van der Waals surface area contributed by atoms with Crippen LogP contribution >= 0.6 is 11.6 Å². The third-order valence-corrected chi connectivity index (χ3v) is 2.05. The fourth-order valence-electron chi connectivity index (χ4n) is 0.901. The van der Waals surface area contributed by atoms with Crippen molar-refractivity contribution in [3.8, 4) is 0 Å². The average molecular weight is 200 g/mol. The van der Waals surface area contributed by atoms with Crippen LogP contribution in [-0.2, 0) is 4.74 Å². The van der Waals surface area contributed by atoms with E-state index in [-0.39, 0.29) is 0 Å². The van der Waals surface area contributed by atoms with Gasteiger partial charge in [-0.3, -0.25) is 4.98 Å². The number of carbonyl (C=O) groups excluding carboxylic acids is 1. The van der Waals surface area contributed by atoms with Gasteiger partial charge < -0.3 is 4.74 Å². The zero-order valence-corrected chi connectivity index (χ0v) is 8.26. The smallest absolute Gasteiger partial charge is 0.341 e. The summed E-state index contributed by atoms with van der Waals surface area (Å²) in [6.07, 6.45) is 3.01. The molecule has 0 spiro atoms. The molecule has 70 valence electrons. The molecule has 1 aromatic heterocycles. The number of aryl methyl sites for hydroxylation is 1. The topological polar surface area (TPSA) is 39.2 Å². The van der Waals surface area contributed by atoms with E-state index >= 15 is 0 Å². The van der Waals surface area contributed by atoms with Gasteiger partial charge in [-0.15, -0.1) is 0 Å². The van der Waals surface area contributed by atoms with Gasteiger partial charge in [0, 0.05) is 12.4 Å². The molecule has 0 fully saturated rings. The second kappa shape index (κ2) is 4.23. The molecule has 0 N–H and O–H groups in total. The summed E-state index contributed by atoms with van der Waals surface area (Å²) in [7, 11) is 0. The monoisotopic (exact) mass is 199 g/mol. The first-order valence-electron chi connectivity index (χ1n) is 3.94. The minimum atomic E-state index is -0.427. The molecule has 0 radical (unpaired) electrons. The Kier molecular flexibility index (Phi) is 3.25. The van der Waals surface area contributed by atoms with Crippen molar-refractivity contribution < 1.29 is 9.53 Å². The van der Waals surface area contributed by atoms with Gasteiger partial charge in [-0.1, -0.05) is 11.6 Å². The summed E-state index contributed by atoms with van der Waals surface area (Å²) in [5.74, 6) is -0.427. The lowest BCUT2D eigenvalue weighted by atomic mass is 10.2. The Hall–Kier alpha value is -1.09. The zero-order chi connectivity index (χ0) is 9.84. The molecule has 1 heterocycles. The number of esters is 1. The van der Waals surface area contributed by atoms with Crippen LogP contribution in [0, 0.1) is 6.92 Å². The van der Waals surface area contributed by atoms with E-state index in [1.807, 2.05) is 0 Å². The van der Waals surface area contributed by atoms with Gasteiger partial charge in [0.05, 0.1) is 17.2 Å².